The van der Waals surface area contributed by atoms with Crippen LogP contribution >= 0.6 is 11.6 Å². The third kappa shape index (κ3) is 17.5. The molecule has 14 nitrogen and oxygen atoms in total. The number of nitrogens with one attached hydrogen (secondary N) is 3. The van der Waals surface area contributed by atoms with Gasteiger partial charge in [-0.15, -0.1) is 0 Å². The molecule has 390 valence electrons. The summed E-state index contributed by atoms with van der Waals surface area (Å²) in [7, 11) is 0. The van der Waals surface area contributed by atoms with Crippen molar-refractivity contribution in [3.8, 4) is 23.0 Å². The summed E-state index contributed by atoms with van der Waals surface area (Å²) in [5.41, 5.74) is 6.35. The molecule has 0 spiro atoms. The number of ether oxygens (including phenoxy) is 5. The summed E-state index contributed by atoms with van der Waals surface area (Å²) < 4.78 is 41.4. The molecule has 2 aliphatic rings. The highest BCUT2D eigenvalue weighted by Gasteiger charge is 2.38. The Morgan fingerprint density at radius 1 is 0.740 bits per heavy atom. The number of rotatable bonds is 26. The first kappa shape index (κ1) is 56.2. The van der Waals surface area contributed by atoms with Crippen LogP contribution in [-0.2, 0) is 38.1 Å². The SMILES string of the molecule is CCCC#C/C(=C\c1ccc(F)cc1)C(=O)N1C[C@@H](C)[C@H](C(=O)NCCOCCOCCOCCOCCOCCNC(=O)c2ccc(-c3ccc4c(c3)[C@H](Nc3ccc(Cl)cc3)C[C@H](C)N4C(C)=O)cc2)C1. The summed E-state index contributed by atoms with van der Waals surface area (Å²) in [5.74, 6) is 4.74. The van der Waals surface area contributed by atoms with Crippen LogP contribution in [0.4, 0.5) is 15.8 Å². The van der Waals surface area contributed by atoms with Gasteiger partial charge in [0.25, 0.3) is 11.8 Å². The number of anilines is 2. The lowest BCUT2D eigenvalue weighted by atomic mass is 9.88. The number of fused-ring (bicyclic) bond motifs is 1. The molecule has 0 aromatic heterocycles. The lowest BCUT2D eigenvalue weighted by Crippen LogP contribution is -2.43. The van der Waals surface area contributed by atoms with Gasteiger partial charge in [0.15, 0.2) is 0 Å². The highest BCUT2D eigenvalue weighted by molar-refractivity contribution is 6.30. The van der Waals surface area contributed by atoms with Gasteiger partial charge in [-0.25, -0.2) is 4.39 Å². The molecule has 4 amide bonds. The molecule has 0 unspecified atom stereocenters. The summed E-state index contributed by atoms with van der Waals surface area (Å²) >= 11 is 6.13. The Balaban J connectivity index is 0.761. The van der Waals surface area contributed by atoms with Crippen molar-refractivity contribution in [1.29, 1.82) is 0 Å². The van der Waals surface area contributed by atoms with E-state index in [1.807, 2.05) is 67.3 Å². The number of hydrogen-bond donors (Lipinski definition) is 3. The molecule has 73 heavy (non-hydrogen) atoms. The third-order valence-electron chi connectivity index (χ3n) is 12.5. The molecule has 4 atom stereocenters. The second kappa shape index (κ2) is 29.5. The van der Waals surface area contributed by atoms with Gasteiger partial charge in [-0.05, 0) is 115 Å². The average Bonchev–Trinajstić information content (AvgIpc) is 3.78. The minimum Gasteiger partial charge on any atom is -0.378 e. The van der Waals surface area contributed by atoms with Crippen LogP contribution in [0.2, 0.25) is 5.02 Å². The van der Waals surface area contributed by atoms with Gasteiger partial charge in [-0.1, -0.05) is 67.6 Å². The molecule has 2 aliphatic heterocycles. The van der Waals surface area contributed by atoms with Crippen LogP contribution < -0.4 is 20.9 Å². The zero-order chi connectivity index (χ0) is 52.0. The lowest BCUT2D eigenvalue weighted by molar-refractivity contribution is -0.127. The third-order valence-corrected chi connectivity index (χ3v) is 12.7. The maximum atomic E-state index is 13.5. The Bertz CT molecular complexity index is 2520. The van der Waals surface area contributed by atoms with Crippen LogP contribution in [0.5, 0.6) is 0 Å². The van der Waals surface area contributed by atoms with E-state index in [0.717, 1.165) is 40.9 Å². The summed E-state index contributed by atoms with van der Waals surface area (Å²) in [6.07, 6.45) is 3.93. The second-order valence-corrected chi connectivity index (χ2v) is 18.5. The number of carbonyl (C=O) groups is 4. The molecule has 16 heteroatoms. The van der Waals surface area contributed by atoms with Gasteiger partial charge < -0.3 is 49.4 Å². The topological polar surface area (TPSA) is 157 Å². The molecule has 0 radical (unpaired) electrons. The van der Waals surface area contributed by atoms with E-state index in [1.54, 1.807) is 42.2 Å². The smallest absolute Gasteiger partial charge is 0.262 e. The fourth-order valence-corrected chi connectivity index (χ4v) is 8.85. The van der Waals surface area contributed by atoms with Crippen LogP contribution in [0, 0.1) is 29.5 Å². The Morgan fingerprint density at radius 2 is 1.33 bits per heavy atom. The second-order valence-electron chi connectivity index (χ2n) is 18.1. The number of hydrogen-bond acceptors (Lipinski definition) is 10. The van der Waals surface area contributed by atoms with Crippen LogP contribution in [0.1, 0.15) is 74.5 Å². The number of amides is 4. The quantitative estimate of drug-likeness (QED) is 0.0318. The van der Waals surface area contributed by atoms with E-state index >= 15 is 0 Å². The van der Waals surface area contributed by atoms with Gasteiger partial charge in [0.2, 0.25) is 11.8 Å². The highest BCUT2D eigenvalue weighted by Crippen LogP contribution is 2.41. The maximum Gasteiger partial charge on any atom is 0.262 e. The van der Waals surface area contributed by atoms with Crippen molar-refractivity contribution in [3.05, 3.63) is 124 Å². The zero-order valence-electron chi connectivity index (χ0n) is 42.4. The van der Waals surface area contributed by atoms with Gasteiger partial charge in [0.05, 0.1) is 83.6 Å². The molecule has 2 heterocycles. The molecular weight excluding hydrogens is 953 g/mol. The Morgan fingerprint density at radius 3 is 1.93 bits per heavy atom. The number of halogens is 2. The fraction of sp³-hybridized carbons (Fsp3) is 0.439. The predicted octanol–water partition coefficient (Wildman–Crippen LogP) is 8.36. The van der Waals surface area contributed by atoms with E-state index < -0.39 is 0 Å². The molecule has 4 aromatic carbocycles. The van der Waals surface area contributed by atoms with Gasteiger partial charge in [-0.2, -0.15) is 0 Å². The first-order chi connectivity index (χ1) is 35.4. The van der Waals surface area contributed by atoms with E-state index in [1.165, 1.54) is 12.1 Å². The number of unbranched alkanes of at least 4 members (excludes halogenated alkanes) is 1. The maximum absolute atomic E-state index is 13.5. The lowest BCUT2D eigenvalue weighted by Gasteiger charge is -2.39. The van der Waals surface area contributed by atoms with Gasteiger partial charge in [0, 0.05) is 67.5 Å². The summed E-state index contributed by atoms with van der Waals surface area (Å²) in [4.78, 5) is 55.6. The van der Waals surface area contributed by atoms with Crippen molar-refractivity contribution in [1.82, 2.24) is 15.5 Å². The first-order valence-electron chi connectivity index (χ1n) is 25.2. The Kier molecular flexibility index (Phi) is 22.7. The van der Waals surface area contributed by atoms with Crippen molar-refractivity contribution < 1.29 is 47.3 Å². The average molecular weight is 1020 g/mol. The van der Waals surface area contributed by atoms with Gasteiger partial charge in [0.1, 0.15) is 5.82 Å². The zero-order valence-corrected chi connectivity index (χ0v) is 43.1. The highest BCUT2D eigenvalue weighted by atomic mass is 35.5. The number of benzene rings is 4. The molecule has 1 fully saturated rings. The van der Waals surface area contributed by atoms with Crippen LogP contribution in [0.25, 0.3) is 17.2 Å². The van der Waals surface area contributed by atoms with Crippen molar-refractivity contribution >= 4 is 52.7 Å². The van der Waals surface area contributed by atoms with E-state index in [2.05, 4.69) is 40.8 Å². The van der Waals surface area contributed by atoms with Crippen molar-refractivity contribution in [2.24, 2.45) is 11.8 Å². The minimum absolute atomic E-state index is 0.00176. The molecule has 3 N–H and O–H groups in total. The predicted molar refractivity (Wildman–Crippen MR) is 283 cm³/mol. The van der Waals surface area contributed by atoms with Crippen LogP contribution in [0.15, 0.2) is 96.6 Å². The Hall–Kier alpha value is -6.12. The number of nitrogens with zero attached hydrogens (tertiary/aromatic N) is 2. The Labute approximate surface area is 434 Å². The van der Waals surface area contributed by atoms with E-state index in [9.17, 15) is 23.6 Å². The fourth-order valence-electron chi connectivity index (χ4n) is 8.72. The standard InChI is InChI=1S/C57H69ClFN5O9/c1-5-6-7-8-47(36-43-9-18-49(59)19-10-43)57(68)63-38-40(2)52(39-63)56(67)61-24-26-70-28-30-72-32-34-73-33-31-71-29-27-69-25-23-60-55(66)45-13-11-44(12-14-45)46-15-22-54-51(37-46)53(35-41(3)64(54)42(4)65)62-50-20-16-48(58)17-21-50/h9-22,36-37,40-41,52-53,62H,5-6,23-35,38-39H2,1-4H3,(H,60,66)(H,61,67)/b47-36+/t40-,41+,52-,53-/m1/s1. The largest absolute Gasteiger partial charge is 0.378 e. The summed E-state index contributed by atoms with van der Waals surface area (Å²) in [5, 5.41) is 10.1. The van der Waals surface area contributed by atoms with E-state index in [-0.39, 0.29) is 53.4 Å². The molecule has 0 saturated carbocycles. The molecule has 1 saturated heterocycles. The van der Waals surface area contributed by atoms with Crippen molar-refractivity contribution in [2.45, 2.75) is 59.0 Å². The molecule has 6 rings (SSSR count). The molecular formula is C57H69ClFN5O9. The van der Waals surface area contributed by atoms with E-state index in [4.69, 9.17) is 35.3 Å². The number of carbonyl (C=O) groups excluding carboxylic acids is 4. The van der Waals surface area contributed by atoms with Crippen molar-refractivity contribution in [2.75, 3.05) is 102 Å². The van der Waals surface area contributed by atoms with E-state index in [0.29, 0.717) is 120 Å². The molecule has 4 aromatic rings. The summed E-state index contributed by atoms with van der Waals surface area (Å²) in [6, 6.07) is 27.1. The summed E-state index contributed by atoms with van der Waals surface area (Å²) in [6.45, 7) is 12.9. The minimum atomic E-state index is -0.355. The van der Waals surface area contributed by atoms with Gasteiger partial charge >= 0.3 is 0 Å². The van der Waals surface area contributed by atoms with Crippen molar-refractivity contribution in [3.63, 3.8) is 0 Å². The van der Waals surface area contributed by atoms with Gasteiger partial charge in [-0.3, -0.25) is 19.2 Å². The first-order valence-corrected chi connectivity index (χ1v) is 25.6. The molecule has 0 aliphatic carbocycles. The normalized spacial score (nSPS) is 17.4. The molecule has 0 bridgehead atoms. The number of likely N-dealkylation sites (tertiary alicyclic amines) is 1. The van der Waals surface area contributed by atoms with Crippen LogP contribution in [0.3, 0.4) is 0 Å². The monoisotopic (exact) mass is 1020 g/mol. The van der Waals surface area contributed by atoms with Crippen LogP contribution in [-0.4, -0.2) is 127 Å².